The molecule has 1 amide bonds. The zero-order valence-corrected chi connectivity index (χ0v) is 6.64. The van der Waals surface area contributed by atoms with Crippen molar-refractivity contribution >= 4 is 23.8 Å². The maximum absolute atomic E-state index is 10.4. The summed E-state index contributed by atoms with van der Waals surface area (Å²) < 4.78 is 0. The Balaban J connectivity index is 2.18. The van der Waals surface area contributed by atoms with Gasteiger partial charge in [-0.2, -0.15) is 0 Å². The summed E-state index contributed by atoms with van der Waals surface area (Å²) in [6.45, 7) is 0. The van der Waals surface area contributed by atoms with E-state index in [1.54, 1.807) is 12.3 Å². The van der Waals surface area contributed by atoms with Crippen molar-refractivity contribution < 1.29 is 4.79 Å². The Hall–Kier alpha value is -2.04. The molecule has 0 atom stereocenters. The number of amides is 1. The van der Waals surface area contributed by atoms with E-state index in [4.69, 9.17) is 5.73 Å². The van der Waals surface area contributed by atoms with Gasteiger partial charge in [0.05, 0.1) is 0 Å². The van der Waals surface area contributed by atoms with Crippen LogP contribution in [0.15, 0.2) is 38.9 Å². The predicted octanol–water partition coefficient (Wildman–Crippen LogP) is -0.193. The maximum Gasteiger partial charge on any atom is 0.241 e. The molecule has 0 aromatic heterocycles. The van der Waals surface area contributed by atoms with Crippen molar-refractivity contribution in [2.24, 2.45) is 20.7 Å². The van der Waals surface area contributed by atoms with Crippen LogP contribution in [-0.4, -0.2) is 23.8 Å². The summed E-state index contributed by atoms with van der Waals surface area (Å²) in [5.74, 6) is 0.526. The van der Waals surface area contributed by atoms with Crippen LogP contribution in [0.4, 0.5) is 0 Å². The lowest BCUT2D eigenvalue weighted by atomic mass is 10.4. The van der Waals surface area contributed by atoms with Crippen LogP contribution in [-0.2, 0) is 4.79 Å². The Morgan fingerprint density at radius 1 is 1.46 bits per heavy atom. The van der Waals surface area contributed by atoms with Crippen LogP contribution in [0.3, 0.4) is 0 Å². The van der Waals surface area contributed by atoms with Gasteiger partial charge in [0, 0.05) is 12.3 Å². The van der Waals surface area contributed by atoms with Gasteiger partial charge in [0.1, 0.15) is 5.70 Å². The van der Waals surface area contributed by atoms with Gasteiger partial charge in [-0.05, 0) is 12.2 Å². The van der Waals surface area contributed by atoms with Gasteiger partial charge in [-0.15, -0.1) is 0 Å². The number of nitrogens with two attached hydrogens (primary N) is 1. The number of carbonyl (C=O) groups excluding carboxylic acids is 1. The van der Waals surface area contributed by atoms with Gasteiger partial charge in [-0.3, -0.25) is 4.79 Å². The van der Waals surface area contributed by atoms with Crippen molar-refractivity contribution in [1.29, 1.82) is 0 Å². The molecule has 0 fully saturated rings. The molecule has 64 valence electrons. The minimum Gasteiger partial charge on any atom is -0.366 e. The monoisotopic (exact) mass is 174 g/mol. The number of aliphatic imine (C=N–C) groups is 3. The zero-order valence-electron chi connectivity index (χ0n) is 6.64. The first-order valence-corrected chi connectivity index (χ1v) is 3.65. The molecule has 0 bridgehead atoms. The van der Waals surface area contributed by atoms with Crippen LogP contribution in [0.2, 0.25) is 0 Å². The number of hydrogen-bond acceptors (Lipinski definition) is 4. The van der Waals surface area contributed by atoms with Gasteiger partial charge >= 0.3 is 0 Å². The van der Waals surface area contributed by atoms with Crippen molar-refractivity contribution in [2.45, 2.75) is 0 Å². The van der Waals surface area contributed by atoms with Crippen molar-refractivity contribution in [1.82, 2.24) is 0 Å². The SMILES string of the molecule is NC(=O)C=CC1=NC2=CC=NC2=N1. The van der Waals surface area contributed by atoms with Gasteiger partial charge in [-0.25, -0.2) is 15.0 Å². The molecule has 2 N–H and O–H groups in total. The van der Waals surface area contributed by atoms with Crippen molar-refractivity contribution in [3.05, 3.63) is 23.9 Å². The average Bonchev–Trinajstić information content (AvgIpc) is 2.58. The van der Waals surface area contributed by atoms with E-state index in [-0.39, 0.29) is 0 Å². The molecule has 0 aliphatic carbocycles. The standard InChI is InChI=1S/C8H6N4O/c9-6(13)1-2-7-11-5-3-4-10-8(5)12-7/h1-4H,(H2,9,13). The first-order chi connectivity index (χ1) is 6.25. The highest BCUT2D eigenvalue weighted by molar-refractivity contribution is 6.21. The van der Waals surface area contributed by atoms with Crippen molar-refractivity contribution in [3.8, 4) is 0 Å². The van der Waals surface area contributed by atoms with E-state index in [9.17, 15) is 4.79 Å². The predicted molar refractivity (Wildman–Crippen MR) is 49.8 cm³/mol. The summed E-state index contributed by atoms with van der Waals surface area (Å²) in [6, 6.07) is 0. The largest absolute Gasteiger partial charge is 0.366 e. The topological polar surface area (TPSA) is 80.2 Å². The highest BCUT2D eigenvalue weighted by atomic mass is 16.1. The molecule has 5 nitrogen and oxygen atoms in total. The third-order valence-corrected chi connectivity index (χ3v) is 1.51. The van der Waals surface area contributed by atoms with Gasteiger partial charge in [0.15, 0.2) is 11.7 Å². The number of primary amides is 1. The second-order valence-corrected chi connectivity index (χ2v) is 2.47. The Bertz CT molecular complexity index is 412. The molecule has 0 saturated heterocycles. The number of nitrogens with zero attached hydrogens (tertiary/aromatic N) is 3. The van der Waals surface area contributed by atoms with Crippen LogP contribution < -0.4 is 5.73 Å². The highest BCUT2D eigenvalue weighted by Crippen LogP contribution is 2.14. The van der Waals surface area contributed by atoms with Crippen molar-refractivity contribution in [3.63, 3.8) is 0 Å². The Kier molecular flexibility index (Phi) is 1.63. The molecule has 2 aliphatic rings. The van der Waals surface area contributed by atoms with E-state index in [1.807, 2.05) is 0 Å². The molecule has 0 spiro atoms. The van der Waals surface area contributed by atoms with Crippen LogP contribution in [0.5, 0.6) is 0 Å². The summed E-state index contributed by atoms with van der Waals surface area (Å²) in [4.78, 5) is 22.4. The Morgan fingerprint density at radius 2 is 2.31 bits per heavy atom. The molecule has 0 radical (unpaired) electrons. The number of hydrogen-bond donors (Lipinski definition) is 1. The van der Waals surface area contributed by atoms with E-state index in [1.165, 1.54) is 12.2 Å². The zero-order chi connectivity index (χ0) is 9.26. The molecular formula is C8H6N4O. The van der Waals surface area contributed by atoms with Crippen LogP contribution in [0.25, 0.3) is 0 Å². The Labute approximate surface area is 74.1 Å². The van der Waals surface area contributed by atoms with Gasteiger partial charge in [0.2, 0.25) is 5.91 Å². The fraction of sp³-hybridized carbons (Fsp3) is 0. The fourth-order valence-electron chi connectivity index (χ4n) is 0.981. The molecule has 2 aliphatic heterocycles. The minimum absolute atomic E-state index is 0.455. The van der Waals surface area contributed by atoms with Crippen LogP contribution in [0.1, 0.15) is 0 Å². The maximum atomic E-state index is 10.4. The molecule has 0 unspecified atom stereocenters. The molecule has 0 saturated carbocycles. The summed E-state index contributed by atoms with van der Waals surface area (Å²) in [7, 11) is 0. The summed E-state index contributed by atoms with van der Waals surface area (Å²) in [5, 5.41) is 0. The van der Waals surface area contributed by atoms with Crippen molar-refractivity contribution in [2.75, 3.05) is 0 Å². The number of rotatable bonds is 2. The minimum atomic E-state index is -0.516. The fourth-order valence-corrected chi connectivity index (χ4v) is 0.981. The lowest BCUT2D eigenvalue weighted by Crippen LogP contribution is -2.06. The summed E-state index contributed by atoms with van der Waals surface area (Å²) >= 11 is 0. The number of allylic oxidation sites excluding steroid dienone is 1. The molecule has 5 heteroatoms. The molecular weight excluding hydrogens is 168 g/mol. The van der Waals surface area contributed by atoms with E-state index in [0.29, 0.717) is 11.7 Å². The number of amidine groups is 2. The quantitative estimate of drug-likeness (QED) is 0.578. The first kappa shape index (κ1) is 7.60. The second kappa shape index (κ2) is 2.78. The summed E-state index contributed by atoms with van der Waals surface area (Å²) in [5.41, 5.74) is 5.64. The van der Waals surface area contributed by atoms with Gasteiger partial charge < -0.3 is 5.73 Å². The van der Waals surface area contributed by atoms with Crippen LogP contribution >= 0.6 is 0 Å². The normalized spacial score (nSPS) is 18.6. The average molecular weight is 174 g/mol. The van der Waals surface area contributed by atoms with Gasteiger partial charge in [-0.1, -0.05) is 0 Å². The molecule has 0 aromatic carbocycles. The third kappa shape index (κ3) is 1.44. The van der Waals surface area contributed by atoms with Crippen LogP contribution in [0, 0.1) is 0 Å². The molecule has 13 heavy (non-hydrogen) atoms. The Morgan fingerprint density at radius 3 is 3.00 bits per heavy atom. The van der Waals surface area contributed by atoms with E-state index < -0.39 is 5.91 Å². The van der Waals surface area contributed by atoms with Gasteiger partial charge in [0.25, 0.3) is 0 Å². The lowest BCUT2D eigenvalue weighted by Gasteiger charge is -1.82. The third-order valence-electron chi connectivity index (χ3n) is 1.51. The van der Waals surface area contributed by atoms with E-state index >= 15 is 0 Å². The lowest BCUT2D eigenvalue weighted by molar-refractivity contribution is -0.113. The highest BCUT2D eigenvalue weighted by Gasteiger charge is 2.15. The van der Waals surface area contributed by atoms with E-state index in [0.717, 1.165) is 5.70 Å². The number of fused-ring (bicyclic) bond motifs is 1. The first-order valence-electron chi connectivity index (χ1n) is 3.65. The molecule has 0 aromatic rings. The number of carbonyl (C=O) groups is 1. The smallest absolute Gasteiger partial charge is 0.241 e. The van der Waals surface area contributed by atoms with E-state index in [2.05, 4.69) is 15.0 Å². The molecule has 2 heterocycles. The summed E-state index contributed by atoms with van der Waals surface area (Å²) in [6.07, 6.45) is 6.06. The second-order valence-electron chi connectivity index (χ2n) is 2.47. The molecule has 2 rings (SSSR count).